The van der Waals surface area contributed by atoms with Crippen LogP contribution in [0.25, 0.3) is 0 Å². The Morgan fingerprint density at radius 2 is 1.07 bits per heavy atom. The number of allylic oxidation sites excluding steroid dienone is 16. The molecular formula is C45H72O9. The summed E-state index contributed by atoms with van der Waals surface area (Å²) in [6.07, 6.45) is 41.6. The van der Waals surface area contributed by atoms with Crippen molar-refractivity contribution in [2.24, 2.45) is 0 Å². The van der Waals surface area contributed by atoms with Gasteiger partial charge in [0, 0.05) is 13.0 Å². The van der Waals surface area contributed by atoms with E-state index in [0.29, 0.717) is 13.0 Å². The number of aliphatic hydroxyl groups excluding tert-OH is 4. The summed E-state index contributed by atoms with van der Waals surface area (Å²) in [7, 11) is 0. The fourth-order valence-corrected chi connectivity index (χ4v) is 5.37. The zero-order chi connectivity index (χ0) is 39.3. The molecule has 0 aromatic rings. The smallest absolute Gasteiger partial charge is 0.306 e. The van der Waals surface area contributed by atoms with Crippen molar-refractivity contribution >= 4 is 5.97 Å². The van der Waals surface area contributed by atoms with Crippen LogP contribution in [0.3, 0.4) is 0 Å². The number of hydrogen-bond acceptors (Lipinski definition) is 9. The van der Waals surface area contributed by atoms with Crippen molar-refractivity contribution in [3.63, 3.8) is 0 Å². The Labute approximate surface area is 326 Å². The van der Waals surface area contributed by atoms with Gasteiger partial charge >= 0.3 is 5.97 Å². The van der Waals surface area contributed by atoms with Crippen LogP contribution in [0.15, 0.2) is 97.2 Å². The summed E-state index contributed by atoms with van der Waals surface area (Å²) in [6, 6.07) is 0. The highest BCUT2D eigenvalue weighted by Crippen LogP contribution is 2.22. The van der Waals surface area contributed by atoms with Crippen molar-refractivity contribution in [1.82, 2.24) is 0 Å². The van der Waals surface area contributed by atoms with Crippen LogP contribution in [0.4, 0.5) is 0 Å². The maximum Gasteiger partial charge on any atom is 0.306 e. The first-order valence-corrected chi connectivity index (χ1v) is 20.3. The van der Waals surface area contributed by atoms with E-state index in [9.17, 15) is 25.2 Å². The molecule has 0 aliphatic carbocycles. The number of aliphatic hydroxyl groups is 4. The molecule has 0 amide bonds. The van der Waals surface area contributed by atoms with E-state index in [1.165, 1.54) is 0 Å². The molecule has 306 valence electrons. The molecule has 0 bridgehead atoms. The van der Waals surface area contributed by atoms with E-state index in [2.05, 4.69) is 111 Å². The molecule has 1 heterocycles. The number of unbranched alkanes of at least 4 members (excludes halogenated alkanes) is 5. The van der Waals surface area contributed by atoms with Crippen molar-refractivity contribution in [2.75, 3.05) is 26.4 Å². The summed E-state index contributed by atoms with van der Waals surface area (Å²) < 4.78 is 22.6. The molecule has 9 heteroatoms. The van der Waals surface area contributed by atoms with Gasteiger partial charge in [0.15, 0.2) is 6.29 Å². The lowest BCUT2D eigenvalue weighted by molar-refractivity contribution is -0.305. The third-order valence-electron chi connectivity index (χ3n) is 8.50. The number of esters is 1. The molecule has 1 fully saturated rings. The van der Waals surface area contributed by atoms with Gasteiger partial charge in [0.1, 0.15) is 30.5 Å². The maximum atomic E-state index is 12.7. The molecule has 6 atom stereocenters. The normalized spacial score (nSPS) is 21.9. The standard InChI is InChI=1S/C45H72O9/c1-3-5-7-9-11-13-15-17-19-20-21-22-24-26-28-30-32-34-41(47)53-39(38-52-45-44(50)43(49)42(48)40(36-46)54-45)37-51-35-33-31-29-27-25-23-18-16-14-12-10-8-6-4-2/h5-8,11-14,17-19,21-23,27,29,39-40,42-46,48-50H,3-4,9-10,15-16,20,24-26,28,30-38H2,1-2H3/b7-5-,8-6-,13-11-,14-12-,19-17-,22-21-,23-18-,29-27-. The van der Waals surface area contributed by atoms with Gasteiger partial charge in [-0.2, -0.15) is 0 Å². The van der Waals surface area contributed by atoms with Crippen LogP contribution in [0.1, 0.15) is 117 Å². The highest BCUT2D eigenvalue weighted by atomic mass is 16.7. The predicted octanol–water partition coefficient (Wildman–Crippen LogP) is 8.46. The minimum atomic E-state index is -1.56. The van der Waals surface area contributed by atoms with Crippen molar-refractivity contribution in [3.05, 3.63) is 97.2 Å². The average Bonchev–Trinajstić information content (AvgIpc) is 3.17. The lowest BCUT2D eigenvalue weighted by atomic mass is 9.99. The van der Waals surface area contributed by atoms with Crippen LogP contribution in [0.2, 0.25) is 0 Å². The highest BCUT2D eigenvalue weighted by Gasteiger charge is 2.44. The summed E-state index contributed by atoms with van der Waals surface area (Å²) in [6.45, 7) is 4.11. The monoisotopic (exact) mass is 757 g/mol. The Balaban J connectivity index is 2.38. The molecule has 1 rings (SSSR count). The van der Waals surface area contributed by atoms with Crippen LogP contribution >= 0.6 is 0 Å². The number of carbonyl (C=O) groups excluding carboxylic acids is 1. The van der Waals surface area contributed by atoms with Crippen molar-refractivity contribution in [2.45, 2.75) is 153 Å². The van der Waals surface area contributed by atoms with Crippen LogP contribution in [-0.4, -0.2) is 89.6 Å². The Morgan fingerprint density at radius 3 is 1.59 bits per heavy atom. The molecule has 0 spiro atoms. The van der Waals surface area contributed by atoms with Crippen LogP contribution in [0, 0.1) is 0 Å². The average molecular weight is 757 g/mol. The topological polar surface area (TPSA) is 135 Å². The summed E-state index contributed by atoms with van der Waals surface area (Å²) in [4.78, 5) is 12.7. The van der Waals surface area contributed by atoms with Gasteiger partial charge in [0.05, 0.1) is 19.8 Å². The largest absolute Gasteiger partial charge is 0.457 e. The summed E-state index contributed by atoms with van der Waals surface area (Å²) in [5.41, 5.74) is 0. The molecule has 1 saturated heterocycles. The molecule has 4 N–H and O–H groups in total. The molecule has 0 aromatic carbocycles. The minimum Gasteiger partial charge on any atom is -0.457 e. The lowest BCUT2D eigenvalue weighted by Crippen LogP contribution is -2.59. The van der Waals surface area contributed by atoms with Crippen molar-refractivity contribution in [3.8, 4) is 0 Å². The number of ether oxygens (including phenoxy) is 4. The van der Waals surface area contributed by atoms with E-state index in [-0.39, 0.29) is 25.6 Å². The van der Waals surface area contributed by atoms with Crippen LogP contribution < -0.4 is 0 Å². The van der Waals surface area contributed by atoms with Gasteiger partial charge in [0.25, 0.3) is 0 Å². The third-order valence-corrected chi connectivity index (χ3v) is 8.50. The fourth-order valence-electron chi connectivity index (χ4n) is 5.37. The molecule has 6 unspecified atom stereocenters. The fraction of sp³-hybridized carbons (Fsp3) is 0.622. The zero-order valence-electron chi connectivity index (χ0n) is 33.2. The molecule has 54 heavy (non-hydrogen) atoms. The zero-order valence-corrected chi connectivity index (χ0v) is 33.2. The van der Waals surface area contributed by atoms with Crippen molar-refractivity contribution < 1.29 is 44.2 Å². The Bertz CT molecular complexity index is 1130. The van der Waals surface area contributed by atoms with E-state index >= 15 is 0 Å². The Kier molecular flexibility index (Phi) is 32.6. The predicted molar refractivity (Wildman–Crippen MR) is 219 cm³/mol. The minimum absolute atomic E-state index is 0.0895. The highest BCUT2D eigenvalue weighted by molar-refractivity contribution is 5.69. The first-order valence-electron chi connectivity index (χ1n) is 20.3. The second-order valence-corrected chi connectivity index (χ2v) is 13.3. The second kappa shape index (κ2) is 35.8. The van der Waals surface area contributed by atoms with E-state index in [1.54, 1.807) is 0 Å². The van der Waals surface area contributed by atoms with Crippen molar-refractivity contribution in [1.29, 1.82) is 0 Å². The summed E-state index contributed by atoms with van der Waals surface area (Å²) in [5.74, 6) is -0.361. The van der Waals surface area contributed by atoms with Gasteiger partial charge in [-0.15, -0.1) is 0 Å². The van der Waals surface area contributed by atoms with Crippen LogP contribution in [-0.2, 0) is 23.7 Å². The molecule has 1 aliphatic rings. The lowest BCUT2D eigenvalue weighted by Gasteiger charge is -2.39. The van der Waals surface area contributed by atoms with E-state index < -0.39 is 43.4 Å². The molecule has 1 aliphatic heterocycles. The maximum absolute atomic E-state index is 12.7. The van der Waals surface area contributed by atoms with E-state index in [0.717, 1.165) is 89.9 Å². The SMILES string of the molecule is CC/C=C\C/C=C\C/C=C\C/C=C\CCCCCCC(=O)OC(COCCC/C=C\C/C=C\C/C=C\C/C=C\CC)COC1OC(CO)C(O)C(O)C1O. The first kappa shape index (κ1) is 49.1. The van der Waals surface area contributed by atoms with E-state index in [1.807, 2.05) is 0 Å². The molecular weight excluding hydrogens is 684 g/mol. The van der Waals surface area contributed by atoms with E-state index in [4.69, 9.17) is 18.9 Å². The number of carbonyl (C=O) groups is 1. The quantitative estimate of drug-likeness (QED) is 0.0303. The van der Waals surface area contributed by atoms with Crippen LogP contribution in [0.5, 0.6) is 0 Å². The first-order chi connectivity index (χ1) is 26.4. The number of hydrogen-bond donors (Lipinski definition) is 4. The van der Waals surface area contributed by atoms with Gasteiger partial charge < -0.3 is 39.4 Å². The summed E-state index contributed by atoms with van der Waals surface area (Å²) in [5, 5.41) is 40.0. The Morgan fingerprint density at radius 1 is 0.593 bits per heavy atom. The second-order valence-electron chi connectivity index (χ2n) is 13.3. The molecule has 0 radical (unpaired) electrons. The van der Waals surface area contributed by atoms with Gasteiger partial charge in [0.2, 0.25) is 0 Å². The van der Waals surface area contributed by atoms with Gasteiger partial charge in [-0.1, -0.05) is 124 Å². The molecule has 9 nitrogen and oxygen atoms in total. The number of rotatable bonds is 32. The summed E-state index contributed by atoms with van der Waals surface area (Å²) >= 11 is 0. The Hall–Kier alpha value is -2.89. The molecule has 0 aromatic heterocycles. The molecule has 0 saturated carbocycles. The van der Waals surface area contributed by atoms with Gasteiger partial charge in [-0.05, 0) is 83.5 Å². The van der Waals surface area contributed by atoms with Gasteiger partial charge in [-0.25, -0.2) is 0 Å². The van der Waals surface area contributed by atoms with Gasteiger partial charge in [-0.3, -0.25) is 4.79 Å². The third kappa shape index (κ3) is 26.8.